The van der Waals surface area contributed by atoms with Gasteiger partial charge in [0.2, 0.25) is 5.88 Å². The van der Waals surface area contributed by atoms with Gasteiger partial charge in [0.1, 0.15) is 11.9 Å². The number of aliphatic hydroxyl groups excluding tert-OH is 1. The van der Waals surface area contributed by atoms with Gasteiger partial charge in [0.15, 0.2) is 0 Å². The van der Waals surface area contributed by atoms with E-state index in [2.05, 4.69) is 25.1 Å². The predicted molar refractivity (Wildman–Crippen MR) is 100 cm³/mol. The minimum Gasteiger partial charge on any atom is -0.481 e. The molecule has 1 unspecified atom stereocenters. The summed E-state index contributed by atoms with van der Waals surface area (Å²) >= 11 is 0. The number of nitrogens with zero attached hydrogens (tertiary/aromatic N) is 7. The first-order valence-electron chi connectivity index (χ1n) is 9.03. The minimum atomic E-state index is -0.820. The van der Waals surface area contributed by atoms with Crippen molar-refractivity contribution in [1.82, 2.24) is 29.5 Å². The van der Waals surface area contributed by atoms with E-state index in [4.69, 9.17) is 9.47 Å². The highest BCUT2D eigenvalue weighted by Crippen LogP contribution is 2.27. The third-order valence-corrected chi connectivity index (χ3v) is 4.84. The van der Waals surface area contributed by atoms with Crippen LogP contribution in [0.15, 0.2) is 24.4 Å². The van der Waals surface area contributed by atoms with Crippen LogP contribution in [-0.4, -0.2) is 55.4 Å². The number of anilines is 1. The fourth-order valence-electron chi connectivity index (χ4n) is 3.37. The van der Waals surface area contributed by atoms with Gasteiger partial charge in [-0.2, -0.15) is 20.2 Å². The van der Waals surface area contributed by atoms with Crippen LogP contribution < -0.4 is 14.4 Å². The zero-order valence-corrected chi connectivity index (χ0v) is 16.1. The number of aryl methyl sites for hydroxylation is 2. The smallest absolute Gasteiger partial charge is 0.321 e. The number of fused-ring (bicyclic) bond motifs is 1. The van der Waals surface area contributed by atoms with Crippen molar-refractivity contribution in [2.75, 3.05) is 25.7 Å². The molecule has 148 valence electrons. The summed E-state index contributed by atoms with van der Waals surface area (Å²) in [4.78, 5) is 10.7. The van der Waals surface area contributed by atoms with E-state index in [0.717, 1.165) is 31.0 Å². The number of hydrogen-bond acceptors (Lipinski definition) is 8. The maximum atomic E-state index is 10.7. The average molecular weight is 385 g/mol. The van der Waals surface area contributed by atoms with Gasteiger partial charge in [-0.25, -0.2) is 0 Å². The summed E-state index contributed by atoms with van der Waals surface area (Å²) in [6.07, 6.45) is 1.74. The summed E-state index contributed by atoms with van der Waals surface area (Å²) in [5, 5.41) is 19.4. The third-order valence-electron chi connectivity index (χ3n) is 4.84. The molecule has 3 aromatic rings. The molecule has 0 bridgehead atoms. The van der Waals surface area contributed by atoms with Crippen LogP contribution in [0.3, 0.4) is 0 Å². The molecule has 0 aromatic carbocycles. The normalized spacial score (nSPS) is 15.1. The Kier molecular flexibility index (Phi) is 4.86. The van der Waals surface area contributed by atoms with Crippen molar-refractivity contribution in [3.8, 4) is 11.9 Å². The van der Waals surface area contributed by atoms with Crippen LogP contribution in [0.1, 0.15) is 29.6 Å². The average Bonchev–Trinajstić information content (AvgIpc) is 3.27. The van der Waals surface area contributed by atoms with Gasteiger partial charge in [-0.05, 0) is 18.6 Å². The summed E-state index contributed by atoms with van der Waals surface area (Å²) in [5.74, 6) is 1.18. The second kappa shape index (κ2) is 7.47. The lowest BCUT2D eigenvalue weighted by atomic mass is 10.2. The van der Waals surface area contributed by atoms with E-state index < -0.39 is 6.10 Å². The Morgan fingerprint density at radius 3 is 2.71 bits per heavy atom. The Morgan fingerprint density at radius 1 is 1.14 bits per heavy atom. The maximum absolute atomic E-state index is 10.7. The highest BCUT2D eigenvalue weighted by atomic mass is 16.5. The Hall–Kier alpha value is -3.14. The Morgan fingerprint density at radius 2 is 2.00 bits per heavy atom. The van der Waals surface area contributed by atoms with E-state index in [-0.39, 0.29) is 6.01 Å². The van der Waals surface area contributed by atoms with Crippen LogP contribution in [0.4, 0.5) is 5.82 Å². The van der Waals surface area contributed by atoms with E-state index in [0.29, 0.717) is 23.8 Å². The zero-order chi connectivity index (χ0) is 19.7. The summed E-state index contributed by atoms with van der Waals surface area (Å²) in [6, 6.07) is 5.78. The summed E-state index contributed by atoms with van der Waals surface area (Å²) in [6.45, 7) is 2.18. The topological polar surface area (TPSA) is 103 Å². The molecule has 28 heavy (non-hydrogen) atoms. The molecule has 0 amide bonds. The summed E-state index contributed by atoms with van der Waals surface area (Å²) in [7, 11) is 4.90. The van der Waals surface area contributed by atoms with Crippen LogP contribution in [0.5, 0.6) is 11.9 Å². The molecule has 0 saturated carbocycles. The van der Waals surface area contributed by atoms with Gasteiger partial charge in [-0.3, -0.25) is 9.36 Å². The van der Waals surface area contributed by atoms with Crippen LogP contribution in [0.25, 0.3) is 0 Å². The fourth-order valence-corrected chi connectivity index (χ4v) is 3.37. The van der Waals surface area contributed by atoms with E-state index in [1.54, 1.807) is 37.2 Å². The standard InChI is InChI=1S/C18H23N7O3/c1-23-14(5-6-19-23)17(26)13-9-12-11-24(7-4-8-25(12)22-13)15-10-16(27-2)21-18(20-15)28-3/h5-6,9-10,17,26H,4,7-8,11H2,1-3H3. The van der Waals surface area contributed by atoms with Crippen molar-refractivity contribution in [1.29, 1.82) is 0 Å². The minimum absolute atomic E-state index is 0.263. The molecule has 1 aliphatic rings. The Bertz CT molecular complexity index is 946. The lowest BCUT2D eigenvalue weighted by Crippen LogP contribution is -2.24. The molecule has 0 saturated heterocycles. The molecule has 3 aromatic heterocycles. The zero-order valence-electron chi connectivity index (χ0n) is 16.1. The molecule has 1 N–H and O–H groups in total. The largest absolute Gasteiger partial charge is 0.481 e. The number of methoxy groups -OCH3 is 2. The van der Waals surface area contributed by atoms with Gasteiger partial charge < -0.3 is 19.5 Å². The molecule has 4 rings (SSSR count). The van der Waals surface area contributed by atoms with Gasteiger partial charge in [0.25, 0.3) is 0 Å². The van der Waals surface area contributed by atoms with Gasteiger partial charge in [-0.15, -0.1) is 0 Å². The molecule has 0 aliphatic carbocycles. The Balaban J connectivity index is 1.62. The molecule has 4 heterocycles. The van der Waals surface area contributed by atoms with E-state index in [9.17, 15) is 5.11 Å². The van der Waals surface area contributed by atoms with Crippen molar-refractivity contribution >= 4 is 5.82 Å². The quantitative estimate of drug-likeness (QED) is 0.691. The maximum Gasteiger partial charge on any atom is 0.321 e. The SMILES string of the molecule is COc1cc(N2CCCn3nc(C(O)c4ccnn4C)cc3C2)nc(OC)n1. The van der Waals surface area contributed by atoms with Crippen molar-refractivity contribution in [2.45, 2.75) is 25.6 Å². The van der Waals surface area contributed by atoms with Gasteiger partial charge in [0.05, 0.1) is 37.8 Å². The number of rotatable bonds is 5. The predicted octanol–water partition coefficient (Wildman–Crippen LogP) is 0.916. The van der Waals surface area contributed by atoms with Crippen LogP contribution in [-0.2, 0) is 20.1 Å². The molecular formula is C18H23N7O3. The van der Waals surface area contributed by atoms with Gasteiger partial charge in [-0.1, -0.05) is 0 Å². The van der Waals surface area contributed by atoms with E-state index >= 15 is 0 Å². The van der Waals surface area contributed by atoms with Crippen LogP contribution in [0.2, 0.25) is 0 Å². The second-order valence-corrected chi connectivity index (χ2v) is 6.60. The summed E-state index contributed by atoms with van der Waals surface area (Å²) in [5.41, 5.74) is 2.32. The molecule has 1 atom stereocenters. The van der Waals surface area contributed by atoms with Gasteiger partial charge in [0, 0.05) is 32.4 Å². The third kappa shape index (κ3) is 3.38. The van der Waals surface area contributed by atoms with Crippen molar-refractivity contribution < 1.29 is 14.6 Å². The second-order valence-electron chi connectivity index (χ2n) is 6.60. The molecule has 1 aliphatic heterocycles. The van der Waals surface area contributed by atoms with Crippen LogP contribution in [0, 0.1) is 0 Å². The number of hydrogen-bond donors (Lipinski definition) is 1. The molecule has 10 nitrogen and oxygen atoms in total. The lowest BCUT2D eigenvalue weighted by Gasteiger charge is -2.21. The molecule has 0 fully saturated rings. The number of aliphatic hydroxyl groups is 1. The summed E-state index contributed by atoms with van der Waals surface area (Å²) < 4.78 is 14.1. The molecule has 0 spiro atoms. The number of ether oxygens (including phenoxy) is 2. The monoisotopic (exact) mass is 385 g/mol. The van der Waals surface area contributed by atoms with Crippen molar-refractivity contribution in [2.24, 2.45) is 7.05 Å². The Labute approximate surface area is 162 Å². The van der Waals surface area contributed by atoms with E-state index in [1.807, 2.05) is 10.7 Å². The molecule has 0 radical (unpaired) electrons. The highest BCUT2D eigenvalue weighted by molar-refractivity contribution is 5.43. The first-order chi connectivity index (χ1) is 13.6. The fraction of sp³-hybridized carbons (Fsp3) is 0.444. The first kappa shape index (κ1) is 18.2. The highest BCUT2D eigenvalue weighted by Gasteiger charge is 2.23. The van der Waals surface area contributed by atoms with Crippen molar-refractivity contribution in [3.63, 3.8) is 0 Å². The number of aromatic nitrogens is 6. The van der Waals surface area contributed by atoms with Gasteiger partial charge >= 0.3 is 6.01 Å². The molecular weight excluding hydrogens is 362 g/mol. The van der Waals surface area contributed by atoms with Crippen LogP contribution >= 0.6 is 0 Å². The first-order valence-corrected chi connectivity index (χ1v) is 9.03. The van der Waals surface area contributed by atoms with E-state index in [1.165, 1.54) is 7.11 Å². The molecule has 10 heteroatoms. The lowest BCUT2D eigenvalue weighted by molar-refractivity contribution is 0.203. The van der Waals surface area contributed by atoms with Crippen molar-refractivity contribution in [3.05, 3.63) is 41.5 Å².